The molecule has 0 aromatic rings. The number of ketones is 1. The maximum atomic E-state index is 11.4. The Morgan fingerprint density at radius 2 is 2.00 bits per heavy atom. The van der Waals surface area contributed by atoms with Gasteiger partial charge < -0.3 is 14.9 Å². The molecule has 0 unspecified atom stereocenters. The van der Waals surface area contributed by atoms with E-state index in [1.54, 1.807) is 6.92 Å². The largest absolute Gasteiger partial charge is 0.462 e. The molecule has 0 aliphatic carbocycles. The van der Waals surface area contributed by atoms with E-state index in [0.717, 1.165) is 0 Å². The summed E-state index contributed by atoms with van der Waals surface area (Å²) in [6.45, 7) is 1.65. The maximum Gasteiger partial charge on any atom is 0.309 e. The fraction of sp³-hybridized carbons (Fsp3) is 0.667. The minimum atomic E-state index is -0.924. The Hall–Kier alpha value is -1.20. The zero-order valence-electron chi connectivity index (χ0n) is 9.83. The van der Waals surface area contributed by atoms with Crippen molar-refractivity contribution >= 4 is 11.8 Å². The van der Waals surface area contributed by atoms with Gasteiger partial charge in [0.05, 0.1) is 18.6 Å². The van der Waals surface area contributed by atoms with Crippen LogP contribution in [0.25, 0.3) is 0 Å². The molecule has 0 radical (unpaired) electrons. The van der Waals surface area contributed by atoms with E-state index in [4.69, 9.17) is 4.74 Å². The fourth-order valence-electron chi connectivity index (χ4n) is 1.73. The van der Waals surface area contributed by atoms with Crippen molar-refractivity contribution in [3.8, 4) is 0 Å². The molecule has 96 valence electrons. The standard InChI is InChI=1S/C12H18O5/c1-8-5-11(15)6-9(13)3-2-4-10(14)7-12(16)17-8/h2,4,8,10-11,14-15H,3,5-7H2,1H3/b4-2+/t8-,10-,11+/m1/s1. The summed E-state index contributed by atoms with van der Waals surface area (Å²) in [6, 6.07) is 0. The van der Waals surface area contributed by atoms with Gasteiger partial charge >= 0.3 is 5.97 Å². The molecule has 0 fully saturated rings. The topological polar surface area (TPSA) is 83.8 Å². The summed E-state index contributed by atoms with van der Waals surface area (Å²) in [7, 11) is 0. The second-order valence-corrected chi connectivity index (χ2v) is 4.34. The number of hydrogen-bond donors (Lipinski definition) is 2. The molecule has 1 aliphatic rings. The summed E-state index contributed by atoms with van der Waals surface area (Å²) in [5.41, 5.74) is 0. The number of Topliss-reactive ketones (excluding diaryl/α,β-unsaturated/α-hetero) is 1. The van der Waals surface area contributed by atoms with Crippen LogP contribution < -0.4 is 0 Å². The number of hydrogen-bond acceptors (Lipinski definition) is 5. The third kappa shape index (κ3) is 5.60. The smallest absolute Gasteiger partial charge is 0.309 e. The third-order valence-corrected chi connectivity index (χ3v) is 2.48. The van der Waals surface area contributed by atoms with E-state index in [0.29, 0.717) is 0 Å². The molecule has 0 aromatic carbocycles. The van der Waals surface area contributed by atoms with Crippen LogP contribution in [0.2, 0.25) is 0 Å². The molecule has 5 heteroatoms. The van der Waals surface area contributed by atoms with Crippen LogP contribution in [0.15, 0.2) is 12.2 Å². The number of carbonyl (C=O) groups is 2. The van der Waals surface area contributed by atoms with Gasteiger partial charge in [0.2, 0.25) is 0 Å². The lowest BCUT2D eigenvalue weighted by Gasteiger charge is -2.18. The Labute approximate surface area is 100 Å². The van der Waals surface area contributed by atoms with Gasteiger partial charge in [0.15, 0.2) is 0 Å². The Kier molecular flexibility index (Phi) is 5.31. The summed E-state index contributed by atoms with van der Waals surface area (Å²) in [4.78, 5) is 22.7. The van der Waals surface area contributed by atoms with E-state index in [9.17, 15) is 19.8 Å². The van der Waals surface area contributed by atoms with Crippen molar-refractivity contribution < 1.29 is 24.5 Å². The van der Waals surface area contributed by atoms with Gasteiger partial charge in [-0.05, 0) is 6.92 Å². The SMILES string of the molecule is C[C@@H]1C[C@H](O)CC(=O)C/C=C/[C@@H](O)CC(=O)O1. The quantitative estimate of drug-likeness (QED) is 0.472. The van der Waals surface area contributed by atoms with Crippen LogP contribution in [0.5, 0.6) is 0 Å². The van der Waals surface area contributed by atoms with E-state index in [-0.39, 0.29) is 31.5 Å². The van der Waals surface area contributed by atoms with Crippen molar-refractivity contribution in [1.82, 2.24) is 0 Å². The van der Waals surface area contributed by atoms with Crippen molar-refractivity contribution in [1.29, 1.82) is 0 Å². The average molecular weight is 242 g/mol. The molecule has 1 rings (SSSR count). The number of ether oxygens (including phenoxy) is 1. The van der Waals surface area contributed by atoms with E-state index in [2.05, 4.69) is 0 Å². The number of allylic oxidation sites excluding steroid dienone is 1. The van der Waals surface area contributed by atoms with Gasteiger partial charge in [0, 0.05) is 19.3 Å². The van der Waals surface area contributed by atoms with Crippen LogP contribution in [-0.2, 0) is 14.3 Å². The second-order valence-electron chi connectivity index (χ2n) is 4.34. The Bertz CT molecular complexity index is 310. The lowest BCUT2D eigenvalue weighted by atomic mass is 10.0. The van der Waals surface area contributed by atoms with Crippen molar-refractivity contribution in [2.24, 2.45) is 0 Å². The third-order valence-electron chi connectivity index (χ3n) is 2.48. The summed E-state index contributed by atoms with van der Waals surface area (Å²) in [5.74, 6) is -0.603. The number of rotatable bonds is 0. The first-order valence-corrected chi connectivity index (χ1v) is 5.71. The molecule has 1 aliphatic heterocycles. The molecule has 2 N–H and O–H groups in total. The molecule has 0 amide bonds. The molecule has 0 bridgehead atoms. The highest BCUT2D eigenvalue weighted by Crippen LogP contribution is 2.11. The summed E-state index contributed by atoms with van der Waals surface area (Å²) in [5, 5.41) is 19.0. The molecule has 0 spiro atoms. The van der Waals surface area contributed by atoms with Crippen molar-refractivity contribution in [2.75, 3.05) is 0 Å². The Morgan fingerprint density at radius 1 is 1.29 bits per heavy atom. The first-order chi connectivity index (χ1) is 7.97. The van der Waals surface area contributed by atoms with Crippen molar-refractivity contribution in [3.63, 3.8) is 0 Å². The van der Waals surface area contributed by atoms with E-state index < -0.39 is 24.3 Å². The van der Waals surface area contributed by atoms with Gasteiger partial charge in [0.1, 0.15) is 11.9 Å². The first-order valence-electron chi connectivity index (χ1n) is 5.71. The molecule has 0 saturated heterocycles. The molecule has 1 heterocycles. The lowest BCUT2D eigenvalue weighted by molar-refractivity contribution is -0.151. The van der Waals surface area contributed by atoms with Crippen molar-refractivity contribution in [2.45, 2.75) is 50.9 Å². The average Bonchev–Trinajstić information content (AvgIpc) is 2.14. The number of esters is 1. The molecule has 0 aromatic heterocycles. The van der Waals surface area contributed by atoms with Crippen molar-refractivity contribution in [3.05, 3.63) is 12.2 Å². The predicted molar refractivity (Wildman–Crippen MR) is 60.2 cm³/mol. The number of aliphatic hydroxyl groups is 2. The fourth-order valence-corrected chi connectivity index (χ4v) is 1.73. The zero-order chi connectivity index (χ0) is 12.8. The summed E-state index contributed by atoms with van der Waals surface area (Å²) >= 11 is 0. The number of aliphatic hydroxyl groups excluding tert-OH is 2. The lowest BCUT2D eigenvalue weighted by Crippen LogP contribution is -2.25. The van der Waals surface area contributed by atoms with E-state index in [1.807, 2.05) is 0 Å². The summed E-state index contributed by atoms with van der Waals surface area (Å²) < 4.78 is 5.00. The van der Waals surface area contributed by atoms with Crippen LogP contribution in [0.3, 0.4) is 0 Å². The predicted octanol–water partition coefficient (Wildman–Crippen LogP) is 0.339. The molecule has 3 atom stereocenters. The highest BCUT2D eigenvalue weighted by Gasteiger charge is 2.19. The van der Waals surface area contributed by atoms with Gasteiger partial charge in [-0.3, -0.25) is 9.59 Å². The van der Waals surface area contributed by atoms with E-state index >= 15 is 0 Å². The molecule has 17 heavy (non-hydrogen) atoms. The molecule has 5 nitrogen and oxygen atoms in total. The van der Waals surface area contributed by atoms with Crippen LogP contribution in [0, 0.1) is 0 Å². The van der Waals surface area contributed by atoms with Gasteiger partial charge in [-0.1, -0.05) is 12.2 Å². The molecule has 0 saturated carbocycles. The maximum absolute atomic E-state index is 11.4. The van der Waals surface area contributed by atoms with Crippen LogP contribution in [0.1, 0.15) is 32.6 Å². The highest BCUT2D eigenvalue weighted by molar-refractivity contribution is 5.80. The monoisotopic (exact) mass is 242 g/mol. The minimum absolute atomic E-state index is 0.0440. The zero-order valence-corrected chi connectivity index (χ0v) is 9.83. The Morgan fingerprint density at radius 3 is 2.71 bits per heavy atom. The normalized spacial score (nSPS) is 34.4. The Balaban J connectivity index is 2.67. The number of carbonyl (C=O) groups excluding carboxylic acids is 2. The second kappa shape index (κ2) is 6.51. The molecular formula is C12H18O5. The van der Waals surface area contributed by atoms with Crippen LogP contribution in [-0.4, -0.2) is 40.3 Å². The summed E-state index contributed by atoms with van der Waals surface area (Å²) in [6.07, 6.45) is 1.05. The molecular weight excluding hydrogens is 224 g/mol. The van der Waals surface area contributed by atoms with Gasteiger partial charge in [-0.15, -0.1) is 0 Å². The number of cyclic esters (lactones) is 1. The van der Waals surface area contributed by atoms with Crippen LogP contribution in [0.4, 0.5) is 0 Å². The van der Waals surface area contributed by atoms with E-state index in [1.165, 1.54) is 12.2 Å². The van der Waals surface area contributed by atoms with Gasteiger partial charge in [0.25, 0.3) is 0 Å². The van der Waals surface area contributed by atoms with Gasteiger partial charge in [-0.2, -0.15) is 0 Å². The van der Waals surface area contributed by atoms with Crippen LogP contribution >= 0.6 is 0 Å². The first kappa shape index (κ1) is 13.9. The van der Waals surface area contributed by atoms with Gasteiger partial charge in [-0.25, -0.2) is 0 Å². The minimum Gasteiger partial charge on any atom is -0.462 e. The highest BCUT2D eigenvalue weighted by atomic mass is 16.5.